The first kappa shape index (κ1) is 15.8. The first-order valence-electron chi connectivity index (χ1n) is 7.68. The van der Waals surface area contributed by atoms with Crippen molar-refractivity contribution in [3.63, 3.8) is 0 Å². The fraction of sp³-hybridized carbons (Fsp3) is 0.588. The summed E-state index contributed by atoms with van der Waals surface area (Å²) in [6.45, 7) is 9.36. The molecule has 0 spiro atoms. The Bertz CT molecular complexity index is 457. The fourth-order valence-corrected chi connectivity index (χ4v) is 2.42. The van der Waals surface area contributed by atoms with E-state index in [4.69, 9.17) is 4.74 Å². The molecule has 1 fully saturated rings. The molecule has 0 bridgehead atoms. The van der Waals surface area contributed by atoms with E-state index in [1.807, 2.05) is 12.1 Å². The molecule has 1 heterocycles. The van der Waals surface area contributed by atoms with Gasteiger partial charge >= 0.3 is 0 Å². The van der Waals surface area contributed by atoms with Gasteiger partial charge in [0.05, 0.1) is 12.5 Å². The molecule has 116 valence electrons. The number of carbonyl (C=O) groups excluding carboxylic acids is 1. The predicted octanol–water partition coefficient (Wildman–Crippen LogP) is 2.09. The van der Waals surface area contributed by atoms with Crippen LogP contribution < -0.4 is 15.4 Å². The van der Waals surface area contributed by atoms with Crippen LogP contribution in [-0.4, -0.2) is 32.1 Å². The Morgan fingerprint density at radius 3 is 2.62 bits per heavy atom. The lowest BCUT2D eigenvalue weighted by Crippen LogP contribution is -2.34. The number of benzene rings is 1. The molecule has 1 unspecified atom stereocenters. The van der Waals surface area contributed by atoms with Crippen molar-refractivity contribution in [2.45, 2.75) is 32.6 Å². The Balaban J connectivity index is 1.70. The van der Waals surface area contributed by atoms with Gasteiger partial charge in [-0.25, -0.2) is 0 Å². The molecule has 1 aromatic rings. The van der Waals surface area contributed by atoms with Crippen LogP contribution >= 0.6 is 0 Å². The molecule has 0 radical (unpaired) electrons. The average molecular weight is 290 g/mol. The van der Waals surface area contributed by atoms with Crippen LogP contribution in [0.15, 0.2) is 24.3 Å². The van der Waals surface area contributed by atoms with Gasteiger partial charge in [-0.3, -0.25) is 4.79 Å². The zero-order valence-corrected chi connectivity index (χ0v) is 13.2. The summed E-state index contributed by atoms with van der Waals surface area (Å²) in [6, 6.07) is 8.17. The number of nitrogens with one attached hydrogen (secondary N) is 2. The largest absolute Gasteiger partial charge is 0.492 e. The van der Waals surface area contributed by atoms with Crippen molar-refractivity contribution in [3.05, 3.63) is 29.8 Å². The van der Waals surface area contributed by atoms with E-state index in [9.17, 15) is 4.79 Å². The molecular formula is C17H26N2O2. The predicted molar refractivity (Wildman–Crippen MR) is 84.6 cm³/mol. The van der Waals surface area contributed by atoms with Gasteiger partial charge in [-0.1, -0.05) is 32.9 Å². The standard InChI is InChI=1S/C17H26N2O2/c1-17(2,3)14-4-6-15(7-5-14)21-11-10-19-16(20)13-8-9-18-12-13/h4-7,13,18H,8-12H2,1-3H3,(H,19,20). The SMILES string of the molecule is CC(C)(C)c1ccc(OCCNC(=O)C2CCNC2)cc1. The highest BCUT2D eigenvalue weighted by Gasteiger charge is 2.21. The smallest absolute Gasteiger partial charge is 0.224 e. The highest BCUT2D eigenvalue weighted by atomic mass is 16.5. The van der Waals surface area contributed by atoms with Crippen LogP contribution in [0.1, 0.15) is 32.8 Å². The van der Waals surface area contributed by atoms with Gasteiger partial charge in [-0.15, -0.1) is 0 Å². The Kier molecular flexibility index (Phi) is 5.23. The molecule has 1 aromatic carbocycles. The number of hydrogen-bond acceptors (Lipinski definition) is 3. The Labute approximate surface area is 127 Å². The van der Waals surface area contributed by atoms with Crippen molar-refractivity contribution in [1.82, 2.24) is 10.6 Å². The lowest BCUT2D eigenvalue weighted by molar-refractivity contribution is -0.124. The zero-order chi connectivity index (χ0) is 15.3. The molecule has 0 saturated carbocycles. The molecular weight excluding hydrogens is 264 g/mol. The second-order valence-corrected chi connectivity index (χ2v) is 6.60. The van der Waals surface area contributed by atoms with Crippen LogP contribution in [0.3, 0.4) is 0 Å². The average Bonchev–Trinajstić information content (AvgIpc) is 2.97. The van der Waals surface area contributed by atoms with Crippen molar-refractivity contribution < 1.29 is 9.53 Å². The molecule has 0 aromatic heterocycles. The summed E-state index contributed by atoms with van der Waals surface area (Å²) >= 11 is 0. The maximum atomic E-state index is 11.8. The lowest BCUT2D eigenvalue weighted by atomic mass is 9.87. The van der Waals surface area contributed by atoms with Crippen LogP contribution in [0.5, 0.6) is 5.75 Å². The van der Waals surface area contributed by atoms with Gasteiger partial charge in [0.2, 0.25) is 5.91 Å². The van der Waals surface area contributed by atoms with Crippen LogP contribution in [0.2, 0.25) is 0 Å². The maximum Gasteiger partial charge on any atom is 0.224 e. The molecule has 1 aliphatic rings. The first-order valence-corrected chi connectivity index (χ1v) is 7.68. The van der Waals surface area contributed by atoms with Gasteiger partial charge < -0.3 is 15.4 Å². The summed E-state index contributed by atoms with van der Waals surface area (Å²) in [5, 5.41) is 6.12. The van der Waals surface area contributed by atoms with E-state index in [-0.39, 0.29) is 17.2 Å². The Morgan fingerprint density at radius 1 is 1.33 bits per heavy atom. The minimum Gasteiger partial charge on any atom is -0.492 e. The van der Waals surface area contributed by atoms with E-state index >= 15 is 0 Å². The third-order valence-electron chi connectivity index (χ3n) is 3.82. The van der Waals surface area contributed by atoms with E-state index in [0.29, 0.717) is 13.2 Å². The second-order valence-electron chi connectivity index (χ2n) is 6.60. The molecule has 21 heavy (non-hydrogen) atoms. The van der Waals surface area contributed by atoms with Crippen molar-refractivity contribution in [2.24, 2.45) is 5.92 Å². The molecule has 1 aliphatic heterocycles. The third-order valence-corrected chi connectivity index (χ3v) is 3.82. The van der Waals surface area contributed by atoms with Crippen molar-refractivity contribution in [3.8, 4) is 5.75 Å². The first-order chi connectivity index (χ1) is 9.97. The summed E-state index contributed by atoms with van der Waals surface area (Å²) in [7, 11) is 0. The van der Waals surface area contributed by atoms with Crippen LogP contribution in [-0.2, 0) is 10.2 Å². The minimum atomic E-state index is 0.121. The quantitative estimate of drug-likeness (QED) is 0.816. The summed E-state index contributed by atoms with van der Waals surface area (Å²) in [6.07, 6.45) is 0.932. The molecule has 0 aliphatic carbocycles. The van der Waals surface area contributed by atoms with E-state index in [1.54, 1.807) is 0 Å². The fourth-order valence-electron chi connectivity index (χ4n) is 2.42. The van der Waals surface area contributed by atoms with Crippen molar-refractivity contribution in [1.29, 1.82) is 0 Å². The summed E-state index contributed by atoms with van der Waals surface area (Å²) in [5.74, 6) is 1.10. The molecule has 1 atom stereocenters. The number of rotatable bonds is 5. The second kappa shape index (κ2) is 6.94. The lowest BCUT2D eigenvalue weighted by Gasteiger charge is -2.19. The minimum absolute atomic E-state index is 0.121. The highest BCUT2D eigenvalue weighted by Crippen LogP contribution is 2.24. The maximum absolute atomic E-state index is 11.8. The van der Waals surface area contributed by atoms with Crippen LogP contribution in [0.25, 0.3) is 0 Å². The number of ether oxygens (including phenoxy) is 1. The van der Waals surface area contributed by atoms with Crippen molar-refractivity contribution >= 4 is 5.91 Å². The van der Waals surface area contributed by atoms with Gasteiger partial charge in [0.25, 0.3) is 0 Å². The van der Waals surface area contributed by atoms with Crippen LogP contribution in [0, 0.1) is 5.92 Å². The van der Waals surface area contributed by atoms with E-state index in [1.165, 1.54) is 5.56 Å². The summed E-state index contributed by atoms with van der Waals surface area (Å²) in [4.78, 5) is 11.8. The summed E-state index contributed by atoms with van der Waals surface area (Å²) in [5.41, 5.74) is 1.44. The molecule has 4 heteroatoms. The van der Waals surface area contributed by atoms with E-state index in [2.05, 4.69) is 43.5 Å². The van der Waals surface area contributed by atoms with Crippen molar-refractivity contribution in [2.75, 3.05) is 26.2 Å². The molecule has 1 saturated heterocycles. The number of amides is 1. The Morgan fingerprint density at radius 2 is 2.05 bits per heavy atom. The zero-order valence-electron chi connectivity index (χ0n) is 13.2. The van der Waals surface area contributed by atoms with Gasteiger partial charge in [0.1, 0.15) is 12.4 Å². The van der Waals surface area contributed by atoms with Gasteiger partial charge in [0, 0.05) is 6.54 Å². The highest BCUT2D eigenvalue weighted by molar-refractivity contribution is 5.79. The normalized spacial score (nSPS) is 18.5. The number of carbonyl (C=O) groups is 1. The van der Waals surface area contributed by atoms with E-state index < -0.39 is 0 Å². The molecule has 2 rings (SSSR count). The number of hydrogen-bond donors (Lipinski definition) is 2. The topological polar surface area (TPSA) is 50.4 Å². The van der Waals surface area contributed by atoms with Gasteiger partial charge in [-0.2, -0.15) is 0 Å². The third kappa shape index (κ3) is 4.74. The van der Waals surface area contributed by atoms with Gasteiger partial charge in [-0.05, 0) is 36.1 Å². The van der Waals surface area contributed by atoms with Gasteiger partial charge in [0.15, 0.2) is 0 Å². The Hall–Kier alpha value is -1.55. The monoisotopic (exact) mass is 290 g/mol. The van der Waals surface area contributed by atoms with Crippen LogP contribution in [0.4, 0.5) is 0 Å². The van der Waals surface area contributed by atoms with E-state index in [0.717, 1.165) is 25.3 Å². The molecule has 4 nitrogen and oxygen atoms in total. The molecule has 1 amide bonds. The molecule has 2 N–H and O–H groups in total. The summed E-state index contributed by atoms with van der Waals surface area (Å²) < 4.78 is 5.66.